The molecule has 0 aliphatic rings. The van der Waals surface area contributed by atoms with E-state index < -0.39 is 11.1 Å². The van der Waals surface area contributed by atoms with Gasteiger partial charge in [0.05, 0.1) is 5.69 Å². The minimum absolute atomic E-state index is 0.395. The Morgan fingerprint density at radius 2 is 1.75 bits per heavy atom. The minimum atomic E-state index is -1.41. The molecule has 1 unspecified atom stereocenters. The fourth-order valence-corrected chi connectivity index (χ4v) is 2.03. The lowest BCUT2D eigenvalue weighted by Gasteiger charge is -2.11. The van der Waals surface area contributed by atoms with E-state index in [0.29, 0.717) is 17.1 Å². The van der Waals surface area contributed by atoms with Crippen molar-refractivity contribution in [2.75, 3.05) is 17.7 Å². The molecule has 1 atom stereocenters. The molecule has 2 aromatic carbocycles. The molecule has 0 amide bonds. The molecule has 0 spiro atoms. The van der Waals surface area contributed by atoms with Crippen molar-refractivity contribution < 1.29 is 8.39 Å². The summed E-state index contributed by atoms with van der Waals surface area (Å²) in [5.41, 5.74) is 12.6. The van der Waals surface area contributed by atoms with Crippen LogP contribution in [0.3, 0.4) is 0 Å². The van der Waals surface area contributed by atoms with Crippen LogP contribution in [-0.2, 0) is 11.1 Å². The molecule has 0 radical (unpaired) electrons. The third kappa shape index (κ3) is 1.81. The van der Waals surface area contributed by atoms with Crippen LogP contribution in [0.25, 0.3) is 10.8 Å². The third-order valence-corrected chi connectivity index (χ3v) is 2.66. The number of hydrogen-bond acceptors (Lipinski definition) is 4. The van der Waals surface area contributed by atoms with Gasteiger partial charge in [0.1, 0.15) is 0 Å². The van der Waals surface area contributed by atoms with Crippen LogP contribution in [0, 0.1) is 0 Å². The first-order valence-electron chi connectivity index (χ1n) is 4.68. The van der Waals surface area contributed by atoms with Gasteiger partial charge in [-0.25, -0.2) is 4.21 Å². The van der Waals surface area contributed by atoms with Crippen LogP contribution in [0.4, 0.5) is 11.4 Å². The molecule has 2 aromatic rings. The van der Waals surface area contributed by atoms with Crippen molar-refractivity contribution in [2.24, 2.45) is 0 Å². The molecule has 16 heavy (non-hydrogen) atoms. The molecule has 0 saturated heterocycles. The van der Waals surface area contributed by atoms with E-state index in [1.807, 2.05) is 24.3 Å². The molecule has 0 heterocycles. The van der Waals surface area contributed by atoms with E-state index in [2.05, 4.69) is 0 Å². The lowest BCUT2D eigenvalue weighted by atomic mass is 10.1. The van der Waals surface area contributed by atoms with E-state index >= 15 is 0 Å². The van der Waals surface area contributed by atoms with Crippen molar-refractivity contribution in [3.8, 4) is 5.75 Å². The summed E-state index contributed by atoms with van der Waals surface area (Å²) in [5.74, 6) is 0.422. The quantitative estimate of drug-likeness (QED) is 0.777. The van der Waals surface area contributed by atoms with E-state index in [1.54, 1.807) is 6.07 Å². The first-order chi connectivity index (χ1) is 7.59. The van der Waals surface area contributed by atoms with Gasteiger partial charge in [-0.2, -0.15) is 0 Å². The Bertz CT molecular complexity index is 569. The second-order valence-corrected chi connectivity index (χ2v) is 4.38. The van der Waals surface area contributed by atoms with Crippen LogP contribution < -0.4 is 15.7 Å². The highest BCUT2D eigenvalue weighted by molar-refractivity contribution is 7.79. The summed E-state index contributed by atoms with van der Waals surface area (Å²) in [6.07, 6.45) is 1.45. The first kappa shape index (κ1) is 10.8. The van der Waals surface area contributed by atoms with Gasteiger partial charge in [0, 0.05) is 22.7 Å². The largest absolute Gasteiger partial charge is 0.398 e. The highest BCUT2D eigenvalue weighted by Gasteiger charge is 2.10. The highest BCUT2D eigenvalue weighted by atomic mass is 32.2. The van der Waals surface area contributed by atoms with E-state index in [-0.39, 0.29) is 0 Å². The summed E-state index contributed by atoms with van der Waals surface area (Å²) in [6, 6.07) is 9.05. The predicted molar refractivity (Wildman–Crippen MR) is 67.5 cm³/mol. The molecule has 0 aromatic heterocycles. The van der Waals surface area contributed by atoms with Crippen molar-refractivity contribution in [3.63, 3.8) is 0 Å². The molecule has 4 nitrogen and oxygen atoms in total. The van der Waals surface area contributed by atoms with Crippen LogP contribution >= 0.6 is 0 Å². The topological polar surface area (TPSA) is 78.3 Å². The number of nitrogens with two attached hydrogens (primary N) is 2. The van der Waals surface area contributed by atoms with Crippen LogP contribution in [0.2, 0.25) is 0 Å². The van der Waals surface area contributed by atoms with E-state index in [9.17, 15) is 4.21 Å². The van der Waals surface area contributed by atoms with Gasteiger partial charge in [-0.1, -0.05) is 24.3 Å². The summed E-state index contributed by atoms with van der Waals surface area (Å²) in [7, 11) is 0. The third-order valence-electron chi connectivity index (χ3n) is 2.26. The van der Waals surface area contributed by atoms with Gasteiger partial charge in [0.25, 0.3) is 0 Å². The van der Waals surface area contributed by atoms with Crippen molar-refractivity contribution >= 4 is 33.2 Å². The summed E-state index contributed by atoms with van der Waals surface area (Å²) in [5, 5.41) is 1.62. The number of hydrogen-bond donors (Lipinski definition) is 2. The molecular weight excluding hydrogens is 224 g/mol. The van der Waals surface area contributed by atoms with Gasteiger partial charge < -0.3 is 15.7 Å². The maximum Gasteiger partial charge on any atom is 0.203 e. The van der Waals surface area contributed by atoms with Gasteiger partial charge >= 0.3 is 0 Å². The first-order valence-corrected chi connectivity index (χ1v) is 6.16. The van der Waals surface area contributed by atoms with Crippen molar-refractivity contribution in [1.29, 1.82) is 0 Å². The second-order valence-electron chi connectivity index (χ2n) is 3.41. The number of rotatable bonds is 2. The van der Waals surface area contributed by atoms with E-state index in [1.165, 1.54) is 6.26 Å². The molecule has 4 N–H and O–H groups in total. The Kier molecular flexibility index (Phi) is 2.70. The van der Waals surface area contributed by atoms with Gasteiger partial charge in [-0.15, -0.1) is 0 Å². The molecule has 0 aliphatic heterocycles. The fourth-order valence-electron chi connectivity index (χ4n) is 1.61. The molecule has 0 fully saturated rings. The van der Waals surface area contributed by atoms with Crippen LogP contribution in [0.1, 0.15) is 0 Å². The SMILES string of the molecule is CS(=O)Oc1c(N)cc(N)c2ccccc12. The molecule has 2 rings (SSSR count). The maximum atomic E-state index is 11.1. The molecule has 0 saturated carbocycles. The monoisotopic (exact) mass is 236 g/mol. The smallest absolute Gasteiger partial charge is 0.203 e. The zero-order valence-electron chi connectivity index (χ0n) is 8.77. The van der Waals surface area contributed by atoms with Gasteiger partial charge in [-0.3, -0.25) is 0 Å². The second kappa shape index (κ2) is 4.02. The lowest BCUT2D eigenvalue weighted by molar-refractivity contribution is 0.574. The zero-order valence-corrected chi connectivity index (χ0v) is 9.58. The summed E-state index contributed by atoms with van der Waals surface area (Å²) in [4.78, 5) is 0. The predicted octanol–water partition coefficient (Wildman–Crippen LogP) is 1.68. The molecular formula is C11H12N2O2S. The van der Waals surface area contributed by atoms with E-state index in [4.69, 9.17) is 15.7 Å². The average molecular weight is 236 g/mol. The Balaban J connectivity index is 2.76. The Morgan fingerprint density at radius 1 is 1.12 bits per heavy atom. The van der Waals surface area contributed by atoms with E-state index in [0.717, 1.165) is 10.8 Å². The van der Waals surface area contributed by atoms with Crippen LogP contribution in [0.15, 0.2) is 30.3 Å². The van der Waals surface area contributed by atoms with Gasteiger partial charge in [0.15, 0.2) is 5.75 Å². The normalized spacial score (nSPS) is 12.6. The number of fused-ring (bicyclic) bond motifs is 1. The average Bonchev–Trinajstić information content (AvgIpc) is 2.24. The van der Waals surface area contributed by atoms with Crippen LogP contribution in [-0.4, -0.2) is 10.5 Å². The molecule has 0 bridgehead atoms. The Labute approximate surface area is 95.9 Å². The summed E-state index contributed by atoms with van der Waals surface area (Å²) < 4.78 is 16.3. The Hall–Kier alpha value is -1.75. The molecule has 84 valence electrons. The number of anilines is 2. The standard InChI is InChI=1S/C11H12N2O2S/c1-16(14)15-11-8-5-3-2-4-7(8)9(12)6-10(11)13/h2-6H,12-13H2,1H3. The van der Waals surface area contributed by atoms with Crippen molar-refractivity contribution in [3.05, 3.63) is 30.3 Å². The van der Waals surface area contributed by atoms with Crippen LogP contribution in [0.5, 0.6) is 5.75 Å². The van der Waals surface area contributed by atoms with Crippen molar-refractivity contribution in [2.45, 2.75) is 0 Å². The van der Waals surface area contributed by atoms with Crippen molar-refractivity contribution in [1.82, 2.24) is 0 Å². The Morgan fingerprint density at radius 3 is 2.38 bits per heavy atom. The molecule has 0 aliphatic carbocycles. The maximum absolute atomic E-state index is 11.1. The number of benzene rings is 2. The zero-order chi connectivity index (χ0) is 11.7. The minimum Gasteiger partial charge on any atom is -0.398 e. The van der Waals surface area contributed by atoms with Gasteiger partial charge in [-0.05, 0) is 6.07 Å². The summed E-state index contributed by atoms with van der Waals surface area (Å²) in [6.45, 7) is 0. The lowest BCUT2D eigenvalue weighted by Crippen LogP contribution is -2.02. The number of nitrogen functional groups attached to an aromatic ring is 2. The highest BCUT2D eigenvalue weighted by Crippen LogP contribution is 2.36. The summed E-state index contributed by atoms with van der Waals surface area (Å²) >= 11 is -1.41. The van der Waals surface area contributed by atoms with Gasteiger partial charge in [0.2, 0.25) is 11.1 Å². The molecule has 5 heteroatoms. The fraction of sp³-hybridized carbons (Fsp3) is 0.0909.